The second-order valence-corrected chi connectivity index (χ2v) is 4.86. The predicted octanol–water partition coefficient (Wildman–Crippen LogP) is 1.37. The van der Waals surface area contributed by atoms with E-state index >= 15 is 0 Å². The molecule has 0 radical (unpaired) electrons. The Morgan fingerprint density at radius 1 is 1.39 bits per heavy atom. The van der Waals surface area contributed by atoms with Crippen LogP contribution in [-0.4, -0.2) is 47.7 Å². The normalized spacial score (nSPS) is 24.8. The van der Waals surface area contributed by atoms with Crippen LogP contribution in [0.25, 0.3) is 0 Å². The molecule has 5 nitrogen and oxygen atoms in total. The Labute approximate surface area is 108 Å². The number of carboxylic acid groups (broad SMARTS) is 1. The van der Waals surface area contributed by atoms with Crippen molar-refractivity contribution in [3.05, 3.63) is 0 Å². The summed E-state index contributed by atoms with van der Waals surface area (Å²) in [4.78, 5) is 25.1. The van der Waals surface area contributed by atoms with Gasteiger partial charge in [0.15, 0.2) is 0 Å². The third kappa shape index (κ3) is 3.22. The van der Waals surface area contributed by atoms with Gasteiger partial charge in [-0.1, -0.05) is 20.3 Å². The van der Waals surface area contributed by atoms with Crippen LogP contribution in [0.4, 0.5) is 0 Å². The highest BCUT2D eigenvalue weighted by atomic mass is 16.5. The summed E-state index contributed by atoms with van der Waals surface area (Å²) in [5.41, 5.74) is 0. The van der Waals surface area contributed by atoms with Gasteiger partial charge in [-0.25, -0.2) is 0 Å². The minimum Gasteiger partial charge on any atom is -0.481 e. The number of amides is 1. The molecule has 3 unspecified atom stereocenters. The van der Waals surface area contributed by atoms with Crippen molar-refractivity contribution in [3.63, 3.8) is 0 Å². The summed E-state index contributed by atoms with van der Waals surface area (Å²) >= 11 is 0. The molecule has 1 aliphatic heterocycles. The molecule has 0 aliphatic carbocycles. The van der Waals surface area contributed by atoms with Gasteiger partial charge in [0.1, 0.15) is 5.92 Å². The predicted molar refractivity (Wildman–Crippen MR) is 67.2 cm³/mol. The van der Waals surface area contributed by atoms with E-state index in [1.165, 1.54) is 0 Å². The number of rotatable bonds is 6. The van der Waals surface area contributed by atoms with Gasteiger partial charge in [-0.2, -0.15) is 0 Å². The number of nitrogens with zero attached hydrogens (tertiary/aromatic N) is 1. The molecule has 1 rings (SSSR count). The van der Waals surface area contributed by atoms with Crippen LogP contribution < -0.4 is 0 Å². The lowest BCUT2D eigenvalue weighted by Gasteiger charge is -2.31. The van der Waals surface area contributed by atoms with Gasteiger partial charge in [0.2, 0.25) is 5.91 Å². The SMILES string of the molecule is CCCC(C)C(=O)N(CC)C1COCC1C(=O)O. The fourth-order valence-corrected chi connectivity index (χ4v) is 2.48. The Hall–Kier alpha value is -1.10. The number of likely N-dealkylation sites (N-methyl/N-ethyl adjacent to an activating group) is 1. The topological polar surface area (TPSA) is 66.8 Å². The quantitative estimate of drug-likeness (QED) is 0.780. The van der Waals surface area contributed by atoms with Gasteiger partial charge in [-0.05, 0) is 13.3 Å². The molecule has 0 aromatic carbocycles. The number of hydrogen-bond acceptors (Lipinski definition) is 3. The molecule has 0 spiro atoms. The Kier molecular flexibility index (Phi) is 5.59. The first-order valence-corrected chi connectivity index (χ1v) is 6.63. The minimum absolute atomic E-state index is 0.0427. The monoisotopic (exact) mass is 257 g/mol. The molecule has 1 fully saturated rings. The van der Waals surface area contributed by atoms with Crippen molar-refractivity contribution in [2.24, 2.45) is 11.8 Å². The van der Waals surface area contributed by atoms with Gasteiger partial charge >= 0.3 is 5.97 Å². The maximum Gasteiger partial charge on any atom is 0.311 e. The molecule has 1 aliphatic rings. The molecule has 0 saturated carbocycles. The second kappa shape index (κ2) is 6.73. The lowest BCUT2D eigenvalue weighted by molar-refractivity contribution is -0.146. The van der Waals surface area contributed by atoms with Crippen molar-refractivity contribution in [1.29, 1.82) is 0 Å². The standard InChI is InChI=1S/C13H23NO4/c1-4-6-9(3)12(15)14(5-2)11-8-18-7-10(11)13(16)17/h9-11H,4-8H2,1-3H3,(H,16,17). The van der Waals surface area contributed by atoms with Gasteiger partial charge < -0.3 is 14.7 Å². The highest BCUT2D eigenvalue weighted by molar-refractivity contribution is 5.80. The van der Waals surface area contributed by atoms with E-state index in [1.807, 2.05) is 20.8 Å². The molecule has 5 heteroatoms. The van der Waals surface area contributed by atoms with Gasteiger partial charge in [0.05, 0.1) is 19.3 Å². The van der Waals surface area contributed by atoms with Gasteiger partial charge in [0.25, 0.3) is 0 Å². The van der Waals surface area contributed by atoms with E-state index < -0.39 is 11.9 Å². The van der Waals surface area contributed by atoms with Crippen molar-refractivity contribution in [2.75, 3.05) is 19.8 Å². The first-order valence-electron chi connectivity index (χ1n) is 6.63. The number of carbonyl (C=O) groups excluding carboxylic acids is 1. The van der Waals surface area contributed by atoms with Crippen LogP contribution in [0, 0.1) is 11.8 Å². The molecule has 18 heavy (non-hydrogen) atoms. The zero-order valence-electron chi connectivity index (χ0n) is 11.4. The third-order valence-corrected chi connectivity index (χ3v) is 3.54. The maximum absolute atomic E-state index is 12.3. The molecule has 104 valence electrons. The van der Waals surface area contributed by atoms with Crippen LogP contribution in [0.2, 0.25) is 0 Å². The summed E-state index contributed by atoms with van der Waals surface area (Å²) in [6, 6.07) is -0.320. The second-order valence-electron chi connectivity index (χ2n) is 4.86. The Morgan fingerprint density at radius 2 is 2.06 bits per heavy atom. The van der Waals surface area contributed by atoms with Crippen molar-refractivity contribution >= 4 is 11.9 Å². The fraction of sp³-hybridized carbons (Fsp3) is 0.846. The molecule has 1 N–H and O–H groups in total. The van der Waals surface area contributed by atoms with Crippen LogP contribution in [0.15, 0.2) is 0 Å². The molecule has 0 bridgehead atoms. The molecular weight excluding hydrogens is 234 g/mol. The van der Waals surface area contributed by atoms with E-state index in [1.54, 1.807) is 4.90 Å². The number of hydrogen-bond donors (Lipinski definition) is 1. The average Bonchev–Trinajstić information content (AvgIpc) is 2.79. The minimum atomic E-state index is -0.883. The van der Waals surface area contributed by atoms with Crippen molar-refractivity contribution in [3.8, 4) is 0 Å². The Balaban J connectivity index is 2.76. The lowest BCUT2D eigenvalue weighted by Crippen LogP contribution is -2.48. The van der Waals surface area contributed by atoms with E-state index in [2.05, 4.69) is 0 Å². The van der Waals surface area contributed by atoms with E-state index in [0.717, 1.165) is 12.8 Å². The molecule has 0 aromatic rings. The zero-order valence-corrected chi connectivity index (χ0v) is 11.4. The fourth-order valence-electron chi connectivity index (χ4n) is 2.48. The number of ether oxygens (including phenoxy) is 1. The first-order chi connectivity index (χ1) is 8.52. The van der Waals surface area contributed by atoms with Crippen LogP contribution in [0.1, 0.15) is 33.6 Å². The van der Waals surface area contributed by atoms with Gasteiger partial charge in [0, 0.05) is 12.5 Å². The number of aliphatic carboxylic acids is 1. The zero-order chi connectivity index (χ0) is 13.7. The molecule has 1 heterocycles. The Morgan fingerprint density at radius 3 is 2.56 bits per heavy atom. The summed E-state index contributed by atoms with van der Waals surface area (Å²) < 4.78 is 5.23. The summed E-state index contributed by atoms with van der Waals surface area (Å²) in [6.07, 6.45) is 1.79. The van der Waals surface area contributed by atoms with Crippen molar-refractivity contribution in [1.82, 2.24) is 4.90 Å². The maximum atomic E-state index is 12.3. The lowest BCUT2D eigenvalue weighted by atomic mass is 9.98. The van der Waals surface area contributed by atoms with Crippen molar-refractivity contribution < 1.29 is 19.4 Å². The Bertz CT molecular complexity index is 305. The van der Waals surface area contributed by atoms with E-state index in [-0.39, 0.29) is 24.5 Å². The number of carbonyl (C=O) groups is 2. The van der Waals surface area contributed by atoms with Crippen LogP contribution >= 0.6 is 0 Å². The van der Waals surface area contributed by atoms with Crippen LogP contribution in [-0.2, 0) is 14.3 Å². The molecular formula is C13H23NO4. The molecule has 1 amide bonds. The van der Waals surface area contributed by atoms with Gasteiger partial charge in [-0.15, -0.1) is 0 Å². The van der Waals surface area contributed by atoms with Crippen LogP contribution in [0.3, 0.4) is 0 Å². The van der Waals surface area contributed by atoms with Crippen molar-refractivity contribution in [2.45, 2.75) is 39.7 Å². The highest BCUT2D eigenvalue weighted by Crippen LogP contribution is 2.22. The summed E-state index contributed by atoms with van der Waals surface area (Å²) in [6.45, 7) is 6.89. The molecule has 3 atom stereocenters. The first kappa shape index (κ1) is 15.0. The van der Waals surface area contributed by atoms with Gasteiger partial charge in [-0.3, -0.25) is 9.59 Å². The van der Waals surface area contributed by atoms with E-state index in [4.69, 9.17) is 9.84 Å². The number of carboxylic acids is 1. The average molecular weight is 257 g/mol. The van der Waals surface area contributed by atoms with E-state index in [0.29, 0.717) is 13.2 Å². The summed E-state index contributed by atoms with van der Waals surface area (Å²) in [5.74, 6) is -1.49. The smallest absolute Gasteiger partial charge is 0.311 e. The largest absolute Gasteiger partial charge is 0.481 e. The summed E-state index contributed by atoms with van der Waals surface area (Å²) in [7, 11) is 0. The molecule has 0 aromatic heterocycles. The third-order valence-electron chi connectivity index (χ3n) is 3.54. The summed E-state index contributed by atoms with van der Waals surface area (Å²) in [5, 5.41) is 9.13. The van der Waals surface area contributed by atoms with Crippen LogP contribution in [0.5, 0.6) is 0 Å². The van der Waals surface area contributed by atoms with E-state index in [9.17, 15) is 9.59 Å². The highest BCUT2D eigenvalue weighted by Gasteiger charge is 2.40. The molecule has 1 saturated heterocycles.